The largest absolute Gasteiger partial charge is 0.475 e. The van der Waals surface area contributed by atoms with Crippen LogP contribution in [0.4, 0.5) is 0 Å². The minimum Gasteiger partial charge on any atom is -0.475 e. The topological polar surface area (TPSA) is 129 Å². The standard InChI is InChI=1S/C12H7N3O5/c16-10-11(17)14-8-3-5(1-2-6(8)13-10)7-4-9(12(18)19)20-15-7/h1-4H,(H,13,16)(H,14,17)(H,18,19). The van der Waals surface area contributed by atoms with E-state index in [1.54, 1.807) is 18.2 Å². The van der Waals surface area contributed by atoms with Crippen LogP contribution < -0.4 is 11.1 Å². The zero-order valence-corrected chi connectivity index (χ0v) is 9.84. The number of hydrogen-bond acceptors (Lipinski definition) is 5. The summed E-state index contributed by atoms with van der Waals surface area (Å²) in [6, 6.07) is 6.04. The smallest absolute Gasteiger partial charge is 0.374 e. The van der Waals surface area contributed by atoms with Gasteiger partial charge in [-0.3, -0.25) is 9.59 Å². The minimum absolute atomic E-state index is 0.282. The Kier molecular flexibility index (Phi) is 2.50. The van der Waals surface area contributed by atoms with Crippen LogP contribution in [0.5, 0.6) is 0 Å². The lowest BCUT2D eigenvalue weighted by molar-refractivity contribution is 0.0652. The Morgan fingerprint density at radius 1 is 1.10 bits per heavy atom. The molecule has 0 aliphatic rings. The quantitative estimate of drug-likeness (QED) is 0.585. The second-order valence-electron chi connectivity index (χ2n) is 4.05. The minimum atomic E-state index is -1.22. The van der Waals surface area contributed by atoms with Crippen LogP contribution in [0.3, 0.4) is 0 Å². The van der Waals surface area contributed by atoms with E-state index in [0.29, 0.717) is 22.3 Å². The number of carboxylic acids is 1. The average Bonchev–Trinajstić information content (AvgIpc) is 2.89. The van der Waals surface area contributed by atoms with E-state index in [2.05, 4.69) is 19.6 Å². The molecule has 8 heteroatoms. The van der Waals surface area contributed by atoms with Crippen molar-refractivity contribution in [3.05, 3.63) is 50.7 Å². The molecule has 0 unspecified atom stereocenters. The van der Waals surface area contributed by atoms with Gasteiger partial charge in [0.1, 0.15) is 5.69 Å². The highest BCUT2D eigenvalue weighted by Gasteiger charge is 2.12. The van der Waals surface area contributed by atoms with Crippen molar-refractivity contribution in [2.45, 2.75) is 0 Å². The summed E-state index contributed by atoms with van der Waals surface area (Å²) in [6.45, 7) is 0. The van der Waals surface area contributed by atoms with Crippen LogP contribution in [-0.4, -0.2) is 26.2 Å². The van der Waals surface area contributed by atoms with Crippen LogP contribution in [0.25, 0.3) is 22.3 Å². The molecule has 0 amide bonds. The molecule has 3 rings (SSSR count). The van der Waals surface area contributed by atoms with Gasteiger partial charge in [0.15, 0.2) is 0 Å². The summed E-state index contributed by atoms with van der Waals surface area (Å²) in [7, 11) is 0. The van der Waals surface area contributed by atoms with Crippen LogP contribution in [0, 0.1) is 0 Å². The van der Waals surface area contributed by atoms with Gasteiger partial charge in [0.2, 0.25) is 5.76 Å². The molecule has 0 saturated heterocycles. The second kappa shape index (κ2) is 4.19. The summed E-state index contributed by atoms with van der Waals surface area (Å²) >= 11 is 0. The lowest BCUT2D eigenvalue weighted by Crippen LogP contribution is -2.28. The van der Waals surface area contributed by atoms with Gasteiger partial charge in [-0.1, -0.05) is 11.2 Å². The predicted molar refractivity (Wildman–Crippen MR) is 67.6 cm³/mol. The van der Waals surface area contributed by atoms with Gasteiger partial charge in [-0.15, -0.1) is 0 Å². The van der Waals surface area contributed by atoms with Crippen molar-refractivity contribution in [3.63, 3.8) is 0 Å². The zero-order chi connectivity index (χ0) is 14.3. The van der Waals surface area contributed by atoms with Gasteiger partial charge in [0.05, 0.1) is 11.0 Å². The molecule has 0 atom stereocenters. The molecular formula is C12H7N3O5. The molecule has 8 nitrogen and oxygen atoms in total. The summed E-state index contributed by atoms with van der Waals surface area (Å²) in [4.78, 5) is 38.0. The third-order valence-electron chi connectivity index (χ3n) is 2.74. The van der Waals surface area contributed by atoms with Gasteiger partial charge in [-0.25, -0.2) is 4.79 Å². The van der Waals surface area contributed by atoms with E-state index in [4.69, 9.17) is 5.11 Å². The number of aromatic carboxylic acids is 1. The summed E-state index contributed by atoms with van der Waals surface area (Å²) in [5, 5.41) is 12.4. The van der Waals surface area contributed by atoms with Gasteiger partial charge >= 0.3 is 17.1 Å². The van der Waals surface area contributed by atoms with Gasteiger partial charge in [-0.2, -0.15) is 0 Å². The van der Waals surface area contributed by atoms with Gasteiger partial charge in [-0.05, 0) is 12.1 Å². The first kappa shape index (κ1) is 11.9. The Morgan fingerprint density at radius 3 is 2.45 bits per heavy atom. The van der Waals surface area contributed by atoms with E-state index in [9.17, 15) is 14.4 Å². The molecule has 0 spiro atoms. The zero-order valence-electron chi connectivity index (χ0n) is 9.84. The molecule has 1 aromatic carbocycles. The van der Waals surface area contributed by atoms with Crippen molar-refractivity contribution in [1.82, 2.24) is 15.1 Å². The summed E-state index contributed by atoms with van der Waals surface area (Å²) in [5.41, 5.74) is 0.237. The highest BCUT2D eigenvalue weighted by atomic mass is 16.5. The average molecular weight is 273 g/mol. The normalized spacial score (nSPS) is 10.8. The summed E-state index contributed by atoms with van der Waals surface area (Å²) in [6.07, 6.45) is 0. The number of carbonyl (C=O) groups is 1. The molecule has 0 aliphatic carbocycles. The maximum atomic E-state index is 11.3. The molecule has 0 aliphatic heterocycles. The maximum absolute atomic E-state index is 11.3. The van der Waals surface area contributed by atoms with E-state index < -0.39 is 17.1 Å². The second-order valence-corrected chi connectivity index (χ2v) is 4.05. The number of aromatic nitrogens is 3. The number of aromatic amines is 2. The van der Waals surface area contributed by atoms with Crippen LogP contribution in [0.2, 0.25) is 0 Å². The first-order valence-electron chi connectivity index (χ1n) is 5.51. The molecular weight excluding hydrogens is 266 g/mol. The van der Waals surface area contributed by atoms with Crippen LogP contribution in [0.15, 0.2) is 38.4 Å². The Bertz CT molecular complexity index is 934. The Hall–Kier alpha value is -3.16. The first-order valence-corrected chi connectivity index (χ1v) is 5.51. The van der Waals surface area contributed by atoms with Gasteiger partial charge in [0.25, 0.3) is 0 Å². The van der Waals surface area contributed by atoms with Crippen LogP contribution >= 0.6 is 0 Å². The molecule has 2 aromatic heterocycles. The Balaban J connectivity index is 2.16. The van der Waals surface area contributed by atoms with E-state index in [0.717, 1.165) is 0 Å². The maximum Gasteiger partial charge on any atom is 0.374 e. The van der Waals surface area contributed by atoms with Crippen molar-refractivity contribution >= 4 is 17.0 Å². The molecule has 3 aromatic rings. The predicted octanol–water partition coefficient (Wildman–Crippen LogP) is 0.570. The number of hydrogen-bond donors (Lipinski definition) is 3. The molecule has 0 saturated carbocycles. The fraction of sp³-hybridized carbons (Fsp3) is 0. The number of H-pyrrole nitrogens is 2. The third kappa shape index (κ3) is 1.88. The molecule has 3 N–H and O–H groups in total. The monoisotopic (exact) mass is 273 g/mol. The Labute approximate surface area is 109 Å². The van der Waals surface area contributed by atoms with Crippen molar-refractivity contribution in [3.8, 4) is 11.3 Å². The Morgan fingerprint density at radius 2 is 1.80 bits per heavy atom. The van der Waals surface area contributed by atoms with Crippen molar-refractivity contribution < 1.29 is 14.4 Å². The number of benzene rings is 1. The first-order chi connectivity index (χ1) is 9.54. The number of rotatable bonds is 2. The van der Waals surface area contributed by atoms with Crippen molar-refractivity contribution in [2.75, 3.05) is 0 Å². The fourth-order valence-corrected chi connectivity index (χ4v) is 1.79. The van der Waals surface area contributed by atoms with Crippen LogP contribution in [0.1, 0.15) is 10.6 Å². The molecule has 0 fully saturated rings. The molecule has 100 valence electrons. The van der Waals surface area contributed by atoms with E-state index >= 15 is 0 Å². The number of fused-ring (bicyclic) bond motifs is 1. The van der Waals surface area contributed by atoms with E-state index in [1.165, 1.54) is 6.07 Å². The molecule has 2 heterocycles. The number of nitrogens with one attached hydrogen (secondary N) is 2. The highest BCUT2D eigenvalue weighted by Crippen LogP contribution is 2.21. The van der Waals surface area contributed by atoms with Crippen molar-refractivity contribution in [1.29, 1.82) is 0 Å². The number of carboxylic acid groups (broad SMARTS) is 1. The fourth-order valence-electron chi connectivity index (χ4n) is 1.79. The molecule has 20 heavy (non-hydrogen) atoms. The molecule has 0 radical (unpaired) electrons. The van der Waals surface area contributed by atoms with Gasteiger partial charge < -0.3 is 19.6 Å². The molecule has 0 bridgehead atoms. The number of nitrogens with zero attached hydrogens (tertiary/aromatic N) is 1. The lowest BCUT2D eigenvalue weighted by atomic mass is 10.1. The van der Waals surface area contributed by atoms with Crippen LogP contribution in [-0.2, 0) is 0 Å². The van der Waals surface area contributed by atoms with E-state index in [-0.39, 0.29) is 5.76 Å². The third-order valence-corrected chi connectivity index (χ3v) is 2.74. The highest BCUT2D eigenvalue weighted by molar-refractivity contribution is 5.86. The summed E-state index contributed by atoms with van der Waals surface area (Å²) in [5.74, 6) is -1.50. The lowest BCUT2D eigenvalue weighted by Gasteiger charge is -1.99. The van der Waals surface area contributed by atoms with Crippen molar-refractivity contribution in [2.24, 2.45) is 0 Å². The SMILES string of the molecule is O=C(O)c1cc(-c2ccc3[nH]c(=O)c(=O)[nH]c3c2)no1. The van der Waals surface area contributed by atoms with Gasteiger partial charge in [0, 0.05) is 11.6 Å². The summed E-state index contributed by atoms with van der Waals surface area (Å²) < 4.78 is 4.66. The van der Waals surface area contributed by atoms with E-state index in [1.807, 2.05) is 0 Å².